The van der Waals surface area contributed by atoms with Gasteiger partial charge >= 0.3 is 5.97 Å². The normalized spacial score (nSPS) is 15.1. The van der Waals surface area contributed by atoms with Crippen LogP contribution in [0.5, 0.6) is 0 Å². The molecule has 0 aliphatic rings. The molecule has 0 saturated carbocycles. The van der Waals surface area contributed by atoms with Crippen LogP contribution >= 0.6 is 0 Å². The van der Waals surface area contributed by atoms with Crippen molar-refractivity contribution in [2.45, 2.75) is 51.9 Å². The summed E-state index contributed by atoms with van der Waals surface area (Å²) in [6.45, 7) is 5.10. The van der Waals surface area contributed by atoms with Crippen molar-refractivity contribution in [1.29, 1.82) is 0 Å². The van der Waals surface area contributed by atoms with Crippen molar-refractivity contribution in [2.75, 3.05) is 6.54 Å². The summed E-state index contributed by atoms with van der Waals surface area (Å²) in [5.41, 5.74) is 5.38. The van der Waals surface area contributed by atoms with Crippen LogP contribution in [0.3, 0.4) is 0 Å². The van der Waals surface area contributed by atoms with Crippen LogP contribution in [-0.4, -0.2) is 65.4 Å². The molecule has 0 aliphatic heterocycles. The first-order chi connectivity index (χ1) is 11.5. The molecule has 0 spiro atoms. The Morgan fingerprint density at radius 3 is 1.48 bits per heavy atom. The Bertz CT molecular complexity index is 536. The summed E-state index contributed by atoms with van der Waals surface area (Å²) >= 11 is 0. The van der Waals surface area contributed by atoms with Crippen molar-refractivity contribution >= 4 is 29.6 Å². The molecule has 4 amide bonds. The third-order valence-corrected chi connectivity index (χ3v) is 3.08. The molecular formula is C14H25N5O6. The minimum Gasteiger partial charge on any atom is -0.480 e. The Balaban J connectivity index is 4.45. The molecule has 0 aliphatic carbocycles. The maximum atomic E-state index is 12.0. The van der Waals surface area contributed by atoms with Gasteiger partial charge in [-0.15, -0.1) is 0 Å². The van der Waals surface area contributed by atoms with Gasteiger partial charge in [-0.05, 0) is 27.7 Å². The van der Waals surface area contributed by atoms with E-state index in [1.807, 2.05) is 0 Å². The summed E-state index contributed by atoms with van der Waals surface area (Å²) < 4.78 is 0. The second-order valence-corrected chi connectivity index (χ2v) is 5.59. The van der Waals surface area contributed by atoms with Gasteiger partial charge in [0, 0.05) is 0 Å². The quantitative estimate of drug-likeness (QED) is 0.254. The number of nitrogens with one attached hydrogen (secondary N) is 4. The minimum atomic E-state index is -1.21. The van der Waals surface area contributed by atoms with E-state index in [-0.39, 0.29) is 0 Å². The standard InChI is InChI=1S/C14H25N5O6/c1-6(15)11(22)17-8(3)13(24)19-9(4)14(25)18-7(2)12(23)16-5-10(20)21/h6-9H,5,15H2,1-4H3,(H,16,23)(H,17,22)(H,18,25)(H,19,24)(H,20,21)/t6-,7-,8-,9-/m0/s1. The van der Waals surface area contributed by atoms with Gasteiger partial charge in [0.15, 0.2) is 0 Å². The summed E-state index contributed by atoms with van der Waals surface area (Å²) in [6, 6.07) is -3.63. The number of nitrogens with two attached hydrogens (primary N) is 1. The monoisotopic (exact) mass is 359 g/mol. The average molecular weight is 359 g/mol. The summed E-state index contributed by atoms with van der Waals surface area (Å²) in [5, 5.41) is 17.7. The molecule has 0 heterocycles. The van der Waals surface area contributed by atoms with E-state index in [1.165, 1.54) is 27.7 Å². The van der Waals surface area contributed by atoms with Crippen LogP contribution in [0.4, 0.5) is 0 Å². The molecule has 0 radical (unpaired) electrons. The highest BCUT2D eigenvalue weighted by atomic mass is 16.4. The average Bonchev–Trinajstić information content (AvgIpc) is 2.51. The Morgan fingerprint density at radius 2 is 1.12 bits per heavy atom. The maximum absolute atomic E-state index is 12.0. The summed E-state index contributed by atoms with van der Waals surface area (Å²) in [6.07, 6.45) is 0. The Labute approximate surface area is 145 Å². The van der Waals surface area contributed by atoms with Crippen molar-refractivity contribution in [2.24, 2.45) is 5.73 Å². The lowest BCUT2D eigenvalue weighted by Gasteiger charge is -2.20. The molecule has 11 nitrogen and oxygen atoms in total. The number of amides is 4. The first kappa shape index (κ1) is 22.3. The van der Waals surface area contributed by atoms with Gasteiger partial charge in [0.1, 0.15) is 24.7 Å². The number of hydrogen-bond acceptors (Lipinski definition) is 6. The fourth-order valence-electron chi connectivity index (χ4n) is 1.53. The first-order valence-corrected chi connectivity index (χ1v) is 7.61. The molecule has 4 atom stereocenters. The van der Waals surface area contributed by atoms with Crippen molar-refractivity contribution in [1.82, 2.24) is 21.3 Å². The maximum Gasteiger partial charge on any atom is 0.322 e. The number of carbonyl (C=O) groups is 5. The Morgan fingerprint density at radius 1 is 0.760 bits per heavy atom. The van der Waals surface area contributed by atoms with Crippen molar-refractivity contribution in [3.8, 4) is 0 Å². The molecule has 0 aromatic heterocycles. The van der Waals surface area contributed by atoms with Gasteiger partial charge < -0.3 is 32.1 Å². The van der Waals surface area contributed by atoms with Crippen LogP contribution in [0, 0.1) is 0 Å². The molecule has 0 aromatic rings. The van der Waals surface area contributed by atoms with Crippen LogP contribution in [0.2, 0.25) is 0 Å². The van der Waals surface area contributed by atoms with Crippen molar-refractivity contribution < 1.29 is 29.1 Å². The molecule has 25 heavy (non-hydrogen) atoms. The van der Waals surface area contributed by atoms with Gasteiger partial charge in [-0.1, -0.05) is 0 Å². The first-order valence-electron chi connectivity index (χ1n) is 7.61. The van der Waals surface area contributed by atoms with Gasteiger partial charge in [0.2, 0.25) is 23.6 Å². The SMILES string of the molecule is C[C@H](N)C(=O)N[C@@H](C)C(=O)N[C@@H](C)C(=O)N[C@@H](C)C(=O)NCC(=O)O. The van der Waals surface area contributed by atoms with Gasteiger partial charge in [0.05, 0.1) is 6.04 Å². The molecule has 142 valence electrons. The van der Waals surface area contributed by atoms with Gasteiger partial charge in [-0.2, -0.15) is 0 Å². The zero-order valence-corrected chi connectivity index (χ0v) is 14.6. The largest absolute Gasteiger partial charge is 0.480 e. The zero-order chi connectivity index (χ0) is 19.7. The predicted octanol–water partition coefficient (Wildman–Crippen LogP) is -2.95. The van der Waals surface area contributed by atoms with Crippen LogP contribution in [0.25, 0.3) is 0 Å². The van der Waals surface area contributed by atoms with Gasteiger partial charge in [-0.25, -0.2) is 0 Å². The molecule has 11 heteroatoms. The zero-order valence-electron chi connectivity index (χ0n) is 14.6. The van der Waals surface area contributed by atoms with Gasteiger partial charge in [-0.3, -0.25) is 24.0 Å². The summed E-state index contributed by atoms with van der Waals surface area (Å²) in [5.74, 6) is -3.64. The smallest absolute Gasteiger partial charge is 0.322 e. The topological polar surface area (TPSA) is 180 Å². The van der Waals surface area contributed by atoms with E-state index in [2.05, 4.69) is 21.3 Å². The molecule has 0 saturated heterocycles. The third-order valence-electron chi connectivity index (χ3n) is 3.08. The number of rotatable bonds is 9. The highest BCUT2D eigenvalue weighted by Crippen LogP contribution is 1.91. The second-order valence-electron chi connectivity index (χ2n) is 5.59. The molecular weight excluding hydrogens is 334 g/mol. The predicted molar refractivity (Wildman–Crippen MR) is 87.1 cm³/mol. The molecule has 0 fully saturated rings. The lowest BCUT2D eigenvalue weighted by molar-refractivity contribution is -0.138. The van der Waals surface area contributed by atoms with E-state index in [0.717, 1.165) is 0 Å². The van der Waals surface area contributed by atoms with Gasteiger partial charge in [0.25, 0.3) is 0 Å². The van der Waals surface area contributed by atoms with E-state index < -0.39 is 60.3 Å². The number of carbonyl (C=O) groups excluding carboxylic acids is 4. The fourth-order valence-corrected chi connectivity index (χ4v) is 1.53. The lowest BCUT2D eigenvalue weighted by Crippen LogP contribution is -2.55. The van der Waals surface area contributed by atoms with E-state index in [9.17, 15) is 24.0 Å². The number of hydrogen-bond donors (Lipinski definition) is 6. The van der Waals surface area contributed by atoms with Crippen LogP contribution in [0.1, 0.15) is 27.7 Å². The molecule has 0 bridgehead atoms. The van der Waals surface area contributed by atoms with Crippen LogP contribution < -0.4 is 27.0 Å². The molecule has 0 unspecified atom stereocenters. The molecule has 0 rings (SSSR count). The van der Waals surface area contributed by atoms with Crippen LogP contribution in [0.15, 0.2) is 0 Å². The number of carboxylic acid groups (broad SMARTS) is 1. The number of aliphatic carboxylic acids is 1. The third kappa shape index (κ3) is 8.65. The summed E-state index contributed by atoms with van der Waals surface area (Å²) in [7, 11) is 0. The second kappa shape index (κ2) is 10.2. The van der Waals surface area contributed by atoms with E-state index >= 15 is 0 Å². The van der Waals surface area contributed by atoms with Crippen molar-refractivity contribution in [3.63, 3.8) is 0 Å². The van der Waals surface area contributed by atoms with E-state index in [0.29, 0.717) is 0 Å². The molecule has 7 N–H and O–H groups in total. The molecule has 0 aromatic carbocycles. The summed E-state index contributed by atoms with van der Waals surface area (Å²) in [4.78, 5) is 57.3. The highest BCUT2D eigenvalue weighted by Gasteiger charge is 2.24. The Hall–Kier alpha value is -2.69. The number of carboxylic acids is 1. The van der Waals surface area contributed by atoms with E-state index in [4.69, 9.17) is 10.8 Å². The van der Waals surface area contributed by atoms with E-state index in [1.54, 1.807) is 0 Å². The lowest BCUT2D eigenvalue weighted by atomic mass is 10.2. The highest BCUT2D eigenvalue weighted by molar-refractivity contribution is 5.94. The fraction of sp³-hybridized carbons (Fsp3) is 0.643. The van der Waals surface area contributed by atoms with Crippen LogP contribution in [-0.2, 0) is 24.0 Å². The minimum absolute atomic E-state index is 0.511. The Kier molecular flexibility index (Phi) is 9.13. The van der Waals surface area contributed by atoms with Crippen molar-refractivity contribution in [3.05, 3.63) is 0 Å².